The first-order chi connectivity index (χ1) is 7.97. The van der Waals surface area contributed by atoms with E-state index < -0.39 is 22.1 Å². The Morgan fingerprint density at radius 1 is 1.41 bits per heavy atom. The van der Waals surface area contributed by atoms with Crippen LogP contribution in [-0.2, 0) is 15.0 Å². The predicted octanol–water partition coefficient (Wildman–Crippen LogP) is 0.418. The molecule has 1 aliphatic rings. The van der Waals surface area contributed by atoms with Crippen LogP contribution in [0, 0.1) is 5.92 Å². The lowest BCUT2D eigenvalue weighted by atomic mass is 10.1. The first kappa shape index (κ1) is 14.4. The SMILES string of the molecule is CCCC(CNS(=O)(=O)N1CCCC1)C(=O)O. The zero-order valence-electron chi connectivity index (χ0n) is 10.1. The summed E-state index contributed by atoms with van der Waals surface area (Å²) < 4.78 is 27.3. The zero-order chi connectivity index (χ0) is 12.9. The molecule has 0 aromatic heterocycles. The molecule has 0 spiro atoms. The van der Waals surface area contributed by atoms with Crippen molar-refractivity contribution in [3.8, 4) is 0 Å². The Hall–Kier alpha value is -0.660. The highest BCUT2D eigenvalue weighted by Gasteiger charge is 2.26. The number of hydrogen-bond acceptors (Lipinski definition) is 3. The van der Waals surface area contributed by atoms with Crippen LogP contribution in [0.2, 0.25) is 0 Å². The fourth-order valence-electron chi connectivity index (χ4n) is 1.89. The van der Waals surface area contributed by atoms with Gasteiger partial charge in [-0.1, -0.05) is 13.3 Å². The molecule has 7 heteroatoms. The Kier molecular flexibility index (Phi) is 5.35. The zero-order valence-corrected chi connectivity index (χ0v) is 10.9. The monoisotopic (exact) mass is 264 g/mol. The molecule has 1 heterocycles. The van der Waals surface area contributed by atoms with Gasteiger partial charge in [0.2, 0.25) is 0 Å². The Morgan fingerprint density at radius 2 is 2.00 bits per heavy atom. The van der Waals surface area contributed by atoms with Gasteiger partial charge in [-0.3, -0.25) is 4.79 Å². The molecule has 0 saturated carbocycles. The number of aliphatic carboxylic acids is 1. The number of carboxylic acid groups (broad SMARTS) is 1. The van der Waals surface area contributed by atoms with Gasteiger partial charge in [0, 0.05) is 19.6 Å². The van der Waals surface area contributed by atoms with Crippen LogP contribution in [0.3, 0.4) is 0 Å². The minimum atomic E-state index is -3.49. The van der Waals surface area contributed by atoms with Crippen LogP contribution in [0.15, 0.2) is 0 Å². The molecule has 0 amide bonds. The third kappa shape index (κ3) is 4.25. The number of nitrogens with zero attached hydrogens (tertiary/aromatic N) is 1. The highest BCUT2D eigenvalue weighted by atomic mass is 32.2. The molecule has 1 aliphatic heterocycles. The second kappa shape index (κ2) is 6.32. The van der Waals surface area contributed by atoms with Crippen LogP contribution in [0.1, 0.15) is 32.6 Å². The van der Waals surface area contributed by atoms with Crippen molar-refractivity contribution in [1.82, 2.24) is 9.03 Å². The lowest BCUT2D eigenvalue weighted by Crippen LogP contribution is -2.42. The maximum absolute atomic E-state index is 11.8. The van der Waals surface area contributed by atoms with E-state index in [0.717, 1.165) is 19.3 Å². The summed E-state index contributed by atoms with van der Waals surface area (Å²) in [5, 5.41) is 8.92. The predicted molar refractivity (Wildman–Crippen MR) is 63.8 cm³/mol. The quantitative estimate of drug-likeness (QED) is 0.697. The molecule has 1 rings (SSSR count). The van der Waals surface area contributed by atoms with Crippen molar-refractivity contribution < 1.29 is 18.3 Å². The third-order valence-corrected chi connectivity index (χ3v) is 4.48. The Morgan fingerprint density at radius 3 is 2.47 bits per heavy atom. The van der Waals surface area contributed by atoms with Crippen molar-refractivity contribution in [2.75, 3.05) is 19.6 Å². The summed E-state index contributed by atoms with van der Waals surface area (Å²) in [5.74, 6) is -1.59. The molecule has 100 valence electrons. The standard InChI is InChI=1S/C10H20N2O4S/c1-2-5-9(10(13)14)8-11-17(15,16)12-6-3-4-7-12/h9,11H,2-8H2,1H3,(H,13,14). The molecule has 0 radical (unpaired) electrons. The van der Waals surface area contributed by atoms with Gasteiger partial charge in [-0.25, -0.2) is 4.72 Å². The van der Waals surface area contributed by atoms with E-state index in [-0.39, 0.29) is 6.54 Å². The van der Waals surface area contributed by atoms with Gasteiger partial charge in [0.15, 0.2) is 0 Å². The van der Waals surface area contributed by atoms with E-state index in [4.69, 9.17) is 5.11 Å². The number of carboxylic acids is 1. The molecule has 0 bridgehead atoms. The number of nitrogens with one attached hydrogen (secondary N) is 1. The Labute approximate surface area is 102 Å². The second-order valence-corrected chi connectivity index (χ2v) is 6.04. The van der Waals surface area contributed by atoms with Gasteiger partial charge in [0.1, 0.15) is 0 Å². The molecule has 0 aliphatic carbocycles. The lowest BCUT2D eigenvalue weighted by Gasteiger charge is -2.18. The summed E-state index contributed by atoms with van der Waals surface area (Å²) in [6, 6.07) is 0. The topological polar surface area (TPSA) is 86.7 Å². The van der Waals surface area contributed by atoms with Gasteiger partial charge in [0.05, 0.1) is 5.92 Å². The maximum atomic E-state index is 11.8. The first-order valence-electron chi connectivity index (χ1n) is 5.95. The van der Waals surface area contributed by atoms with Gasteiger partial charge in [-0.2, -0.15) is 12.7 Å². The average Bonchev–Trinajstić information content (AvgIpc) is 2.77. The van der Waals surface area contributed by atoms with Gasteiger partial charge >= 0.3 is 5.97 Å². The van der Waals surface area contributed by atoms with Crippen molar-refractivity contribution in [3.63, 3.8) is 0 Å². The summed E-state index contributed by atoms with van der Waals surface area (Å²) >= 11 is 0. The maximum Gasteiger partial charge on any atom is 0.307 e. The minimum Gasteiger partial charge on any atom is -0.481 e. The van der Waals surface area contributed by atoms with E-state index in [1.165, 1.54) is 4.31 Å². The van der Waals surface area contributed by atoms with E-state index in [1.54, 1.807) is 0 Å². The highest BCUT2D eigenvalue weighted by Crippen LogP contribution is 2.12. The minimum absolute atomic E-state index is 0.0258. The number of rotatable bonds is 7. The summed E-state index contributed by atoms with van der Waals surface area (Å²) in [4.78, 5) is 10.9. The molecular weight excluding hydrogens is 244 g/mol. The molecule has 0 aromatic rings. The molecule has 1 unspecified atom stereocenters. The van der Waals surface area contributed by atoms with E-state index in [1.807, 2.05) is 6.92 Å². The molecule has 0 aromatic carbocycles. The van der Waals surface area contributed by atoms with Crippen LogP contribution in [-0.4, -0.2) is 43.4 Å². The molecule has 1 saturated heterocycles. The van der Waals surface area contributed by atoms with E-state index in [0.29, 0.717) is 19.5 Å². The summed E-state index contributed by atoms with van der Waals surface area (Å²) in [7, 11) is -3.49. The van der Waals surface area contributed by atoms with Crippen LogP contribution < -0.4 is 4.72 Å². The fourth-order valence-corrected chi connectivity index (χ4v) is 3.22. The van der Waals surface area contributed by atoms with Crippen LogP contribution in [0.25, 0.3) is 0 Å². The fraction of sp³-hybridized carbons (Fsp3) is 0.900. The van der Waals surface area contributed by atoms with Gasteiger partial charge < -0.3 is 5.11 Å². The lowest BCUT2D eigenvalue weighted by molar-refractivity contribution is -0.141. The molecule has 6 nitrogen and oxygen atoms in total. The van der Waals surface area contributed by atoms with E-state index in [2.05, 4.69) is 4.72 Å². The molecule has 1 atom stereocenters. The van der Waals surface area contributed by atoms with Crippen molar-refractivity contribution in [2.24, 2.45) is 5.92 Å². The normalized spacial score (nSPS) is 19.4. The van der Waals surface area contributed by atoms with E-state index >= 15 is 0 Å². The Bertz CT molecular complexity index is 349. The largest absolute Gasteiger partial charge is 0.481 e. The van der Waals surface area contributed by atoms with Crippen molar-refractivity contribution in [1.29, 1.82) is 0 Å². The molecule has 1 fully saturated rings. The molecule has 2 N–H and O–H groups in total. The van der Waals surface area contributed by atoms with Crippen LogP contribution in [0.5, 0.6) is 0 Å². The van der Waals surface area contributed by atoms with Crippen molar-refractivity contribution in [2.45, 2.75) is 32.6 Å². The van der Waals surface area contributed by atoms with Crippen LogP contribution in [0.4, 0.5) is 0 Å². The van der Waals surface area contributed by atoms with E-state index in [9.17, 15) is 13.2 Å². The molecular formula is C10H20N2O4S. The number of carbonyl (C=O) groups is 1. The molecule has 17 heavy (non-hydrogen) atoms. The summed E-state index contributed by atoms with van der Waals surface area (Å²) in [6.45, 7) is 2.91. The van der Waals surface area contributed by atoms with Crippen molar-refractivity contribution in [3.05, 3.63) is 0 Å². The first-order valence-corrected chi connectivity index (χ1v) is 7.39. The van der Waals surface area contributed by atoms with Gasteiger partial charge in [-0.15, -0.1) is 0 Å². The van der Waals surface area contributed by atoms with Crippen LogP contribution >= 0.6 is 0 Å². The highest BCUT2D eigenvalue weighted by molar-refractivity contribution is 7.87. The average molecular weight is 264 g/mol. The third-order valence-electron chi connectivity index (χ3n) is 2.90. The second-order valence-electron chi connectivity index (χ2n) is 4.28. The van der Waals surface area contributed by atoms with Gasteiger partial charge in [-0.05, 0) is 19.3 Å². The van der Waals surface area contributed by atoms with Gasteiger partial charge in [0.25, 0.3) is 10.2 Å². The summed E-state index contributed by atoms with van der Waals surface area (Å²) in [5.41, 5.74) is 0. The smallest absolute Gasteiger partial charge is 0.307 e. The number of hydrogen-bond donors (Lipinski definition) is 2. The van der Waals surface area contributed by atoms with Crippen molar-refractivity contribution >= 4 is 16.2 Å². The summed E-state index contributed by atoms with van der Waals surface area (Å²) in [6.07, 6.45) is 2.96. The Balaban J connectivity index is 2.49.